The second kappa shape index (κ2) is 10.7. The monoisotopic (exact) mass is 528 g/mol. The van der Waals surface area contributed by atoms with E-state index in [1.54, 1.807) is 17.1 Å². The Balaban J connectivity index is 1.28. The summed E-state index contributed by atoms with van der Waals surface area (Å²) in [6, 6.07) is 3.73. The molecule has 2 aromatic heterocycles. The van der Waals surface area contributed by atoms with Gasteiger partial charge in [0.15, 0.2) is 0 Å². The van der Waals surface area contributed by atoms with Crippen molar-refractivity contribution in [3.63, 3.8) is 0 Å². The van der Waals surface area contributed by atoms with Crippen molar-refractivity contribution < 1.29 is 4.74 Å². The fourth-order valence-corrected chi connectivity index (χ4v) is 6.34. The average molecular weight is 529 g/mol. The highest BCUT2D eigenvalue weighted by molar-refractivity contribution is 7.99. The molecule has 1 spiro atoms. The van der Waals surface area contributed by atoms with E-state index >= 15 is 0 Å². The van der Waals surface area contributed by atoms with Crippen LogP contribution in [0.2, 0.25) is 5.02 Å². The minimum atomic E-state index is -0.113. The molecule has 0 N–H and O–H groups in total. The van der Waals surface area contributed by atoms with Crippen LogP contribution in [-0.2, 0) is 11.3 Å². The second-order valence-corrected chi connectivity index (χ2v) is 11.7. The zero-order chi connectivity index (χ0) is 25.3. The Kier molecular flexibility index (Phi) is 7.53. The molecule has 0 aliphatic carbocycles. The van der Waals surface area contributed by atoms with E-state index in [0.717, 1.165) is 67.7 Å². The molecular weight excluding hydrogens is 496 g/mol. The highest BCUT2D eigenvalue weighted by Gasteiger charge is 2.41. The molecule has 36 heavy (non-hydrogen) atoms. The van der Waals surface area contributed by atoms with Crippen molar-refractivity contribution in [2.75, 3.05) is 45.2 Å². The van der Waals surface area contributed by atoms with Crippen molar-refractivity contribution in [3.8, 4) is 0 Å². The number of piperidine rings is 1. The van der Waals surface area contributed by atoms with Gasteiger partial charge >= 0.3 is 0 Å². The van der Waals surface area contributed by atoms with Gasteiger partial charge in [0.25, 0.3) is 5.56 Å². The summed E-state index contributed by atoms with van der Waals surface area (Å²) < 4.78 is 7.49. The molecule has 3 aromatic rings. The van der Waals surface area contributed by atoms with Gasteiger partial charge in [-0.2, -0.15) is 0 Å². The summed E-state index contributed by atoms with van der Waals surface area (Å²) in [5.74, 6) is 0.899. The molecule has 1 aromatic carbocycles. The van der Waals surface area contributed by atoms with Gasteiger partial charge in [-0.15, -0.1) is 0 Å². The van der Waals surface area contributed by atoms with Crippen LogP contribution in [0.15, 0.2) is 45.6 Å². The summed E-state index contributed by atoms with van der Waals surface area (Å²) in [6.07, 6.45) is 9.87. The van der Waals surface area contributed by atoms with E-state index in [-0.39, 0.29) is 5.56 Å². The lowest BCUT2D eigenvalue weighted by molar-refractivity contribution is 0.0976. The first kappa shape index (κ1) is 25.4. The third kappa shape index (κ3) is 5.39. The smallest absolute Gasteiger partial charge is 0.262 e. The Morgan fingerprint density at radius 1 is 1.19 bits per heavy atom. The van der Waals surface area contributed by atoms with Crippen LogP contribution in [0.5, 0.6) is 0 Å². The average Bonchev–Trinajstić information content (AvgIpc) is 3.22. The van der Waals surface area contributed by atoms with Crippen LogP contribution in [0.3, 0.4) is 0 Å². The van der Waals surface area contributed by atoms with Crippen molar-refractivity contribution >= 4 is 40.1 Å². The summed E-state index contributed by atoms with van der Waals surface area (Å²) in [6.45, 7) is 6.50. The van der Waals surface area contributed by atoms with Crippen LogP contribution >= 0.6 is 23.4 Å². The number of benzene rings is 1. The van der Waals surface area contributed by atoms with E-state index in [1.807, 2.05) is 32.4 Å². The maximum Gasteiger partial charge on any atom is 0.262 e. The Hall–Kier alpha value is -2.20. The van der Waals surface area contributed by atoms with Crippen molar-refractivity contribution in [2.24, 2.45) is 5.41 Å². The quantitative estimate of drug-likeness (QED) is 0.448. The van der Waals surface area contributed by atoms with E-state index in [0.29, 0.717) is 34.0 Å². The predicted octanol–water partition coefficient (Wildman–Crippen LogP) is 4.34. The van der Waals surface area contributed by atoms with E-state index < -0.39 is 0 Å². The van der Waals surface area contributed by atoms with E-state index in [4.69, 9.17) is 16.3 Å². The standard InChI is InChI=1S/C26H33ClN6O2S/c1-18-13-26(16-35-18)7-11-32(12-8-26)21-14-29-22(15-28-21)36-20-6-5-19-23(24(20)27)25(34)33(17-30-19)10-4-9-31(2)3/h5-6,14-15,17-18H,4,7-13,16H2,1-3H3/t18-/m0/s1. The summed E-state index contributed by atoms with van der Waals surface area (Å²) in [4.78, 5) is 32.1. The lowest BCUT2D eigenvalue weighted by Gasteiger charge is -2.38. The maximum absolute atomic E-state index is 13.1. The zero-order valence-corrected chi connectivity index (χ0v) is 22.7. The fraction of sp³-hybridized carbons (Fsp3) is 0.538. The summed E-state index contributed by atoms with van der Waals surface area (Å²) in [5.41, 5.74) is 0.827. The van der Waals surface area contributed by atoms with E-state index in [9.17, 15) is 4.79 Å². The predicted molar refractivity (Wildman–Crippen MR) is 144 cm³/mol. The molecule has 2 fully saturated rings. The van der Waals surface area contributed by atoms with Gasteiger partial charge in [-0.05, 0) is 70.8 Å². The largest absolute Gasteiger partial charge is 0.378 e. The summed E-state index contributed by atoms with van der Waals surface area (Å²) in [5, 5.41) is 1.60. The number of aryl methyl sites for hydroxylation is 1. The van der Waals surface area contributed by atoms with Crippen molar-refractivity contribution in [1.82, 2.24) is 24.4 Å². The van der Waals surface area contributed by atoms with Gasteiger partial charge in [-0.1, -0.05) is 23.4 Å². The normalized spacial score (nSPS) is 19.6. The van der Waals surface area contributed by atoms with E-state index in [2.05, 4.69) is 31.7 Å². The third-order valence-corrected chi connectivity index (χ3v) is 8.76. The number of fused-ring (bicyclic) bond motifs is 1. The molecule has 2 saturated heterocycles. The van der Waals surface area contributed by atoms with Crippen LogP contribution in [-0.4, -0.2) is 70.9 Å². The van der Waals surface area contributed by atoms with Gasteiger partial charge in [0.05, 0.1) is 47.4 Å². The molecule has 5 rings (SSSR count). The number of hydrogen-bond acceptors (Lipinski definition) is 8. The Morgan fingerprint density at radius 2 is 2.00 bits per heavy atom. The molecule has 0 amide bonds. The lowest BCUT2D eigenvalue weighted by Crippen LogP contribution is -2.41. The molecule has 0 bridgehead atoms. The topological polar surface area (TPSA) is 76.4 Å². The lowest BCUT2D eigenvalue weighted by atomic mass is 9.77. The SMILES string of the molecule is C[C@H]1CC2(CCN(c3cnc(Sc4ccc5ncn(CCCN(C)C)c(=O)c5c4Cl)cn3)CC2)CO1. The van der Waals surface area contributed by atoms with Crippen molar-refractivity contribution in [1.29, 1.82) is 0 Å². The number of hydrogen-bond donors (Lipinski definition) is 0. The van der Waals surface area contributed by atoms with Gasteiger partial charge in [0, 0.05) is 24.5 Å². The van der Waals surface area contributed by atoms with Crippen molar-refractivity contribution in [2.45, 2.75) is 55.2 Å². The number of aromatic nitrogens is 4. The minimum Gasteiger partial charge on any atom is -0.378 e. The summed E-state index contributed by atoms with van der Waals surface area (Å²) >= 11 is 8.14. The van der Waals surface area contributed by atoms with Crippen LogP contribution < -0.4 is 10.5 Å². The molecule has 10 heteroatoms. The molecule has 2 aliphatic heterocycles. The molecule has 1 atom stereocenters. The van der Waals surface area contributed by atoms with Crippen LogP contribution in [0.1, 0.15) is 32.6 Å². The molecule has 0 saturated carbocycles. The van der Waals surface area contributed by atoms with Gasteiger partial charge in [-0.25, -0.2) is 15.0 Å². The van der Waals surface area contributed by atoms with Crippen LogP contribution in [0.25, 0.3) is 10.9 Å². The first-order valence-electron chi connectivity index (χ1n) is 12.5. The van der Waals surface area contributed by atoms with Gasteiger partial charge < -0.3 is 14.5 Å². The van der Waals surface area contributed by atoms with Crippen molar-refractivity contribution in [3.05, 3.63) is 46.2 Å². The van der Waals surface area contributed by atoms with Gasteiger partial charge in [0.1, 0.15) is 10.8 Å². The third-order valence-electron chi connectivity index (χ3n) is 7.27. The Labute approximate surface area is 221 Å². The first-order valence-corrected chi connectivity index (χ1v) is 13.7. The highest BCUT2D eigenvalue weighted by Crippen LogP contribution is 2.42. The fourth-order valence-electron chi connectivity index (χ4n) is 5.22. The maximum atomic E-state index is 13.1. The number of anilines is 1. The molecule has 0 unspecified atom stereocenters. The first-order chi connectivity index (χ1) is 17.3. The van der Waals surface area contributed by atoms with Gasteiger partial charge in [-0.3, -0.25) is 9.36 Å². The van der Waals surface area contributed by atoms with E-state index in [1.165, 1.54) is 11.8 Å². The minimum absolute atomic E-state index is 0.113. The van der Waals surface area contributed by atoms with Gasteiger partial charge in [0.2, 0.25) is 0 Å². The van der Waals surface area contributed by atoms with Crippen LogP contribution in [0.4, 0.5) is 5.82 Å². The molecule has 2 aliphatic rings. The number of halogens is 1. The Bertz CT molecular complexity index is 1270. The number of nitrogens with zero attached hydrogens (tertiary/aromatic N) is 6. The second-order valence-electron chi connectivity index (χ2n) is 10.3. The molecule has 8 nitrogen and oxygen atoms in total. The Morgan fingerprint density at radius 3 is 2.67 bits per heavy atom. The summed E-state index contributed by atoms with van der Waals surface area (Å²) in [7, 11) is 4.04. The molecule has 4 heterocycles. The highest BCUT2D eigenvalue weighted by atomic mass is 35.5. The molecule has 0 radical (unpaired) electrons. The molecular formula is C26H33ClN6O2S. The molecule has 192 valence electrons. The van der Waals surface area contributed by atoms with Crippen LogP contribution in [0, 0.1) is 5.41 Å². The number of rotatable bonds is 7. The number of ether oxygens (including phenoxy) is 1. The zero-order valence-electron chi connectivity index (χ0n) is 21.1.